The van der Waals surface area contributed by atoms with E-state index >= 15 is 0 Å². The number of hydrogen-bond acceptors (Lipinski definition) is 4. The van der Waals surface area contributed by atoms with E-state index in [9.17, 15) is 18.4 Å². The molecule has 1 aromatic carbocycles. The second-order valence-electron chi connectivity index (χ2n) is 5.97. The maximum atomic E-state index is 14.4. The van der Waals surface area contributed by atoms with Crippen molar-refractivity contribution in [3.05, 3.63) is 53.1 Å². The minimum Gasteiger partial charge on any atom is -0.467 e. The zero-order valence-corrected chi connectivity index (χ0v) is 14.3. The summed E-state index contributed by atoms with van der Waals surface area (Å²) < 4.78 is 32.3. The summed E-state index contributed by atoms with van der Waals surface area (Å²) >= 11 is 0. The van der Waals surface area contributed by atoms with E-state index in [1.807, 2.05) is 0 Å². The normalized spacial score (nSPS) is 17.4. The molecule has 1 aromatic heterocycles. The summed E-state index contributed by atoms with van der Waals surface area (Å²) in [6, 6.07) is 0.923. The second kappa shape index (κ2) is 7.11. The van der Waals surface area contributed by atoms with Crippen LogP contribution >= 0.6 is 0 Å². The molecule has 0 saturated heterocycles. The second-order valence-corrected chi connectivity index (χ2v) is 5.97. The summed E-state index contributed by atoms with van der Waals surface area (Å²) in [5.41, 5.74) is 1.40. The predicted octanol–water partition coefficient (Wildman–Crippen LogP) is 1.91. The van der Waals surface area contributed by atoms with E-state index in [0.717, 1.165) is 17.8 Å². The van der Waals surface area contributed by atoms with Crippen LogP contribution in [0.5, 0.6) is 0 Å². The Labute approximate surface area is 148 Å². The molecule has 2 amide bonds. The topological polar surface area (TPSA) is 87.3 Å². The van der Waals surface area contributed by atoms with Gasteiger partial charge in [0.2, 0.25) is 0 Å². The number of benzene rings is 1. The van der Waals surface area contributed by atoms with Crippen LogP contribution in [0.25, 0.3) is 0 Å². The largest absolute Gasteiger partial charge is 0.467 e. The minimum absolute atomic E-state index is 0.125. The summed E-state index contributed by atoms with van der Waals surface area (Å²) in [7, 11) is 1.22. The van der Waals surface area contributed by atoms with Gasteiger partial charge in [-0.05, 0) is 13.0 Å². The number of nitrogens with one attached hydrogen (secondary N) is 2. The van der Waals surface area contributed by atoms with Crippen molar-refractivity contribution in [2.75, 3.05) is 13.7 Å². The first-order valence-corrected chi connectivity index (χ1v) is 8.04. The number of ether oxygens (including phenoxy) is 1. The van der Waals surface area contributed by atoms with Gasteiger partial charge in [-0.1, -0.05) is 6.07 Å². The number of methoxy groups -OCH3 is 1. The Morgan fingerprint density at radius 2 is 2.19 bits per heavy atom. The van der Waals surface area contributed by atoms with E-state index in [-0.39, 0.29) is 12.1 Å². The Hall–Kier alpha value is -2.97. The fourth-order valence-electron chi connectivity index (χ4n) is 3.04. The third-order valence-corrected chi connectivity index (χ3v) is 4.34. The van der Waals surface area contributed by atoms with Crippen molar-refractivity contribution in [3.63, 3.8) is 0 Å². The number of aromatic nitrogens is 2. The molecule has 2 N–H and O–H groups in total. The molecule has 0 spiro atoms. The van der Waals surface area contributed by atoms with E-state index in [0.29, 0.717) is 12.1 Å². The molecule has 0 bridgehead atoms. The van der Waals surface area contributed by atoms with Gasteiger partial charge in [0, 0.05) is 30.3 Å². The quantitative estimate of drug-likeness (QED) is 0.815. The molecule has 3 rings (SSSR count). The average molecular weight is 364 g/mol. The Kier molecular flexibility index (Phi) is 4.88. The average Bonchev–Trinajstić information content (AvgIpc) is 3.09. The molecule has 0 aliphatic carbocycles. The van der Waals surface area contributed by atoms with Gasteiger partial charge in [0.1, 0.15) is 23.7 Å². The number of aromatic amines is 1. The van der Waals surface area contributed by atoms with Gasteiger partial charge >= 0.3 is 12.0 Å². The van der Waals surface area contributed by atoms with Crippen LogP contribution in [0.2, 0.25) is 0 Å². The Bertz CT molecular complexity index is 839. The molecule has 2 aromatic rings. The zero-order valence-electron chi connectivity index (χ0n) is 14.3. The third kappa shape index (κ3) is 3.24. The fourth-order valence-corrected chi connectivity index (χ4v) is 3.04. The summed E-state index contributed by atoms with van der Waals surface area (Å²) in [4.78, 5) is 32.8. The number of esters is 1. The molecule has 26 heavy (non-hydrogen) atoms. The molecule has 0 radical (unpaired) electrons. The van der Waals surface area contributed by atoms with Gasteiger partial charge < -0.3 is 19.9 Å². The van der Waals surface area contributed by atoms with Gasteiger partial charge in [-0.15, -0.1) is 0 Å². The summed E-state index contributed by atoms with van der Waals surface area (Å²) in [5, 5.41) is 2.53. The van der Waals surface area contributed by atoms with Crippen molar-refractivity contribution in [2.45, 2.75) is 25.4 Å². The molecule has 0 saturated carbocycles. The molecule has 2 heterocycles. The highest BCUT2D eigenvalue weighted by Gasteiger charge is 2.36. The maximum Gasteiger partial charge on any atom is 0.328 e. The Morgan fingerprint density at radius 3 is 2.88 bits per heavy atom. The van der Waals surface area contributed by atoms with Crippen LogP contribution in [-0.4, -0.2) is 46.6 Å². The van der Waals surface area contributed by atoms with Crippen LogP contribution < -0.4 is 5.32 Å². The Morgan fingerprint density at radius 1 is 1.42 bits per heavy atom. The number of amides is 2. The molecule has 0 fully saturated rings. The molecule has 2 atom stereocenters. The van der Waals surface area contributed by atoms with Crippen LogP contribution in [-0.2, 0) is 16.0 Å². The highest BCUT2D eigenvalue weighted by Crippen LogP contribution is 2.34. The van der Waals surface area contributed by atoms with E-state index < -0.39 is 35.7 Å². The zero-order chi connectivity index (χ0) is 18.8. The van der Waals surface area contributed by atoms with E-state index in [4.69, 9.17) is 0 Å². The molecular weight excluding hydrogens is 346 g/mol. The van der Waals surface area contributed by atoms with Crippen molar-refractivity contribution in [1.29, 1.82) is 0 Å². The lowest BCUT2D eigenvalue weighted by atomic mass is 9.95. The first-order chi connectivity index (χ1) is 12.4. The van der Waals surface area contributed by atoms with Crippen LogP contribution in [0.4, 0.5) is 13.6 Å². The van der Waals surface area contributed by atoms with Gasteiger partial charge in [-0.2, -0.15) is 0 Å². The van der Waals surface area contributed by atoms with Crippen molar-refractivity contribution in [3.8, 4) is 0 Å². The molecule has 138 valence electrons. The van der Waals surface area contributed by atoms with Crippen molar-refractivity contribution in [2.24, 2.45) is 0 Å². The number of nitrogens with zero attached hydrogens (tertiary/aromatic N) is 2. The van der Waals surface area contributed by atoms with Gasteiger partial charge in [0.15, 0.2) is 0 Å². The summed E-state index contributed by atoms with van der Waals surface area (Å²) in [6.45, 7) is 1.76. The smallest absolute Gasteiger partial charge is 0.328 e. The van der Waals surface area contributed by atoms with Crippen LogP contribution in [0.1, 0.15) is 29.9 Å². The molecule has 0 unspecified atom stereocenters. The number of H-pyrrole nitrogens is 1. The number of carbonyl (C=O) groups excluding carboxylic acids is 2. The van der Waals surface area contributed by atoms with Gasteiger partial charge in [0.25, 0.3) is 0 Å². The number of urea groups is 1. The number of imidazole rings is 1. The van der Waals surface area contributed by atoms with Crippen molar-refractivity contribution < 1.29 is 23.1 Å². The highest BCUT2D eigenvalue weighted by atomic mass is 19.1. The predicted molar refractivity (Wildman–Crippen MR) is 87.2 cm³/mol. The van der Waals surface area contributed by atoms with Gasteiger partial charge in [0.05, 0.1) is 19.1 Å². The number of fused-ring (bicyclic) bond motifs is 1. The number of rotatable bonds is 3. The fraction of sp³-hybridized carbons (Fsp3) is 0.353. The molecule has 1 aliphatic heterocycles. The van der Waals surface area contributed by atoms with Crippen LogP contribution in [0.15, 0.2) is 24.5 Å². The monoisotopic (exact) mass is 364 g/mol. The van der Waals surface area contributed by atoms with E-state index in [1.165, 1.54) is 31.3 Å². The number of carbonyl (C=O) groups is 2. The van der Waals surface area contributed by atoms with Gasteiger partial charge in [-0.25, -0.2) is 23.4 Å². The van der Waals surface area contributed by atoms with Crippen molar-refractivity contribution in [1.82, 2.24) is 20.2 Å². The SMILES string of the molecule is COC(=O)[C@H](C)NC(=O)N1CCc2[nH]cnc2[C@@H]1c1ccc(F)cc1F. The Balaban J connectivity index is 1.96. The minimum atomic E-state index is -0.869. The lowest BCUT2D eigenvalue weighted by Gasteiger charge is -2.35. The first kappa shape index (κ1) is 17.8. The van der Waals surface area contributed by atoms with E-state index in [1.54, 1.807) is 0 Å². The highest BCUT2D eigenvalue weighted by molar-refractivity contribution is 5.83. The number of hydrogen-bond donors (Lipinski definition) is 2. The molecular formula is C17H18F2N4O3. The first-order valence-electron chi connectivity index (χ1n) is 8.04. The third-order valence-electron chi connectivity index (χ3n) is 4.34. The molecule has 9 heteroatoms. The van der Waals surface area contributed by atoms with Crippen LogP contribution in [0, 0.1) is 11.6 Å². The summed E-state index contributed by atoms with van der Waals surface area (Å²) in [6.07, 6.45) is 1.96. The van der Waals surface area contributed by atoms with Crippen molar-refractivity contribution >= 4 is 12.0 Å². The summed E-state index contributed by atoms with van der Waals surface area (Å²) in [5.74, 6) is -2.08. The molecule has 1 aliphatic rings. The van der Waals surface area contributed by atoms with Crippen LogP contribution in [0.3, 0.4) is 0 Å². The molecule has 7 nitrogen and oxygen atoms in total. The standard InChI is InChI=1S/C17H18F2N4O3/c1-9(16(24)26-2)22-17(25)23-6-5-13-14(21-8-20-13)15(23)11-4-3-10(18)7-12(11)19/h3-4,7-9,15H,5-6H2,1-2H3,(H,20,21)(H,22,25)/t9-,15-/m0/s1. The maximum absolute atomic E-state index is 14.4. The number of halogens is 2. The lowest BCUT2D eigenvalue weighted by Crippen LogP contribution is -2.50. The van der Waals surface area contributed by atoms with E-state index in [2.05, 4.69) is 20.0 Å². The van der Waals surface area contributed by atoms with Gasteiger partial charge in [-0.3, -0.25) is 0 Å². The lowest BCUT2D eigenvalue weighted by molar-refractivity contribution is -0.142.